The number of aromatic nitrogens is 4. The smallest absolute Gasteiger partial charge is 0.224 e. The molecule has 0 spiro atoms. The first-order valence-electron chi connectivity index (χ1n) is 15.9. The monoisotopic (exact) mass is 679 g/mol. The SMILES string of the molecule is CCC(C)CC(=O)Nc1ccc(N2CCN(c3ccc(OC[C@@H]4CO[C@@](Cn5cnnn5)(c5ccc(Cl)cc5Cl)O4)cc3)CC2)cc1. The van der Waals surface area contributed by atoms with Crippen LogP contribution in [0.25, 0.3) is 0 Å². The summed E-state index contributed by atoms with van der Waals surface area (Å²) < 4.78 is 20.3. The molecule has 0 radical (unpaired) electrons. The number of piperazine rings is 1. The molecule has 3 atom stereocenters. The van der Waals surface area contributed by atoms with Gasteiger partial charge in [0.2, 0.25) is 11.7 Å². The van der Waals surface area contributed by atoms with Gasteiger partial charge in [0.1, 0.15) is 31.3 Å². The Hall–Kier alpha value is -3.90. The van der Waals surface area contributed by atoms with E-state index in [-0.39, 0.29) is 18.6 Å². The molecule has 1 N–H and O–H groups in total. The molecule has 4 aromatic rings. The van der Waals surface area contributed by atoms with Crippen molar-refractivity contribution in [1.29, 1.82) is 0 Å². The lowest BCUT2D eigenvalue weighted by Crippen LogP contribution is -2.46. The van der Waals surface area contributed by atoms with Crippen molar-refractivity contribution in [3.05, 3.63) is 88.7 Å². The summed E-state index contributed by atoms with van der Waals surface area (Å²) in [5, 5.41) is 15.4. The highest BCUT2D eigenvalue weighted by molar-refractivity contribution is 6.35. The van der Waals surface area contributed by atoms with E-state index in [0.29, 0.717) is 41.2 Å². The summed E-state index contributed by atoms with van der Waals surface area (Å²) in [7, 11) is 0. The molecule has 2 saturated heterocycles. The van der Waals surface area contributed by atoms with E-state index in [9.17, 15) is 4.79 Å². The second kappa shape index (κ2) is 14.9. The van der Waals surface area contributed by atoms with Gasteiger partial charge in [0.15, 0.2) is 0 Å². The van der Waals surface area contributed by atoms with Crippen LogP contribution in [0.1, 0.15) is 32.3 Å². The minimum absolute atomic E-state index is 0.0666. The topological polar surface area (TPSA) is 107 Å². The molecular formula is C34H39Cl2N7O4. The number of rotatable bonds is 12. The van der Waals surface area contributed by atoms with E-state index in [2.05, 4.69) is 68.8 Å². The molecule has 2 aliphatic heterocycles. The number of nitrogens with zero attached hydrogens (tertiary/aromatic N) is 6. The molecule has 3 heterocycles. The molecular weight excluding hydrogens is 641 g/mol. The number of nitrogens with one attached hydrogen (secondary N) is 1. The van der Waals surface area contributed by atoms with Crippen LogP contribution in [-0.2, 0) is 26.6 Å². The average Bonchev–Trinajstić information content (AvgIpc) is 3.75. The molecule has 11 nitrogen and oxygen atoms in total. The lowest BCUT2D eigenvalue weighted by Gasteiger charge is -2.37. The lowest BCUT2D eigenvalue weighted by atomic mass is 10.1. The molecule has 3 aromatic carbocycles. The third kappa shape index (κ3) is 8.16. The van der Waals surface area contributed by atoms with Crippen LogP contribution in [0.3, 0.4) is 0 Å². The van der Waals surface area contributed by atoms with Crippen LogP contribution >= 0.6 is 23.2 Å². The fraction of sp³-hybridized carbons (Fsp3) is 0.412. The van der Waals surface area contributed by atoms with Crippen LogP contribution in [0.15, 0.2) is 73.1 Å². The molecule has 0 saturated carbocycles. The van der Waals surface area contributed by atoms with E-state index in [1.807, 2.05) is 24.3 Å². The molecule has 1 unspecified atom stereocenters. The number of hydrogen-bond donors (Lipinski definition) is 1. The number of anilines is 3. The van der Waals surface area contributed by atoms with E-state index in [4.69, 9.17) is 37.4 Å². The van der Waals surface area contributed by atoms with Gasteiger partial charge in [0.05, 0.1) is 11.6 Å². The van der Waals surface area contributed by atoms with Gasteiger partial charge in [-0.15, -0.1) is 5.10 Å². The first-order valence-corrected chi connectivity index (χ1v) is 16.7. The van der Waals surface area contributed by atoms with Gasteiger partial charge in [0, 0.05) is 60.2 Å². The Morgan fingerprint density at radius 2 is 1.70 bits per heavy atom. The molecule has 1 amide bonds. The molecule has 47 heavy (non-hydrogen) atoms. The zero-order valence-electron chi connectivity index (χ0n) is 26.5. The standard InChI is InChI=1S/C34H39Cl2N7O4/c1-3-24(2)18-33(44)38-26-5-7-27(8-6-26)41-14-16-42(17-15-41)28-9-11-29(12-10-28)45-20-30-21-46-34(47-30,22-43-23-37-39-40-43)31-13-4-25(35)19-32(31)36/h4-13,19,23-24,30H,3,14-18,20-22H2,1-2H3,(H,38,44)/t24?,30-,34-/m1/s1. The number of carbonyl (C=O) groups excluding carboxylic acids is 1. The number of carbonyl (C=O) groups is 1. The minimum atomic E-state index is -1.19. The normalized spacial score (nSPS) is 20.3. The van der Waals surface area contributed by atoms with Crippen molar-refractivity contribution in [2.45, 2.75) is 45.1 Å². The summed E-state index contributed by atoms with van der Waals surface area (Å²) in [6, 6.07) is 21.5. The average molecular weight is 681 g/mol. The summed E-state index contributed by atoms with van der Waals surface area (Å²) >= 11 is 12.7. The first-order chi connectivity index (χ1) is 22.8. The number of amides is 1. The molecule has 0 bridgehead atoms. The number of benzene rings is 3. The van der Waals surface area contributed by atoms with Crippen molar-refractivity contribution < 1.29 is 19.0 Å². The van der Waals surface area contributed by atoms with Gasteiger partial charge in [0.25, 0.3) is 0 Å². The van der Waals surface area contributed by atoms with Crippen LogP contribution in [0.5, 0.6) is 5.75 Å². The predicted molar refractivity (Wildman–Crippen MR) is 182 cm³/mol. The highest BCUT2D eigenvalue weighted by atomic mass is 35.5. The molecule has 2 aliphatic rings. The van der Waals surface area contributed by atoms with Gasteiger partial charge in [-0.2, -0.15) is 0 Å². The second-order valence-electron chi connectivity index (χ2n) is 12.0. The maximum Gasteiger partial charge on any atom is 0.224 e. The predicted octanol–water partition coefficient (Wildman–Crippen LogP) is 6.03. The molecule has 13 heteroatoms. The Morgan fingerprint density at radius 3 is 2.32 bits per heavy atom. The lowest BCUT2D eigenvalue weighted by molar-refractivity contribution is -0.190. The molecule has 0 aliphatic carbocycles. The maximum atomic E-state index is 12.2. The summed E-state index contributed by atoms with van der Waals surface area (Å²) in [6.45, 7) is 8.62. The largest absolute Gasteiger partial charge is 0.491 e. The van der Waals surface area contributed by atoms with Crippen molar-refractivity contribution in [2.75, 3.05) is 54.5 Å². The number of hydrogen-bond acceptors (Lipinski definition) is 9. The zero-order valence-corrected chi connectivity index (χ0v) is 28.0. The van der Waals surface area contributed by atoms with Crippen molar-refractivity contribution in [1.82, 2.24) is 20.2 Å². The molecule has 2 fully saturated rings. The third-order valence-corrected chi connectivity index (χ3v) is 9.17. The zero-order chi connectivity index (χ0) is 32.8. The van der Waals surface area contributed by atoms with Crippen molar-refractivity contribution in [2.24, 2.45) is 5.92 Å². The highest BCUT2D eigenvalue weighted by Gasteiger charge is 2.45. The fourth-order valence-electron chi connectivity index (χ4n) is 5.81. The summed E-state index contributed by atoms with van der Waals surface area (Å²) in [4.78, 5) is 17.0. The Kier molecular flexibility index (Phi) is 10.5. The summed E-state index contributed by atoms with van der Waals surface area (Å²) in [6.07, 6.45) is 2.69. The van der Waals surface area contributed by atoms with E-state index >= 15 is 0 Å². The van der Waals surface area contributed by atoms with E-state index in [0.717, 1.165) is 55.4 Å². The van der Waals surface area contributed by atoms with Crippen molar-refractivity contribution in [3.63, 3.8) is 0 Å². The number of tetrazole rings is 1. The number of halogens is 2. The maximum absolute atomic E-state index is 12.2. The Balaban J connectivity index is 0.994. The van der Waals surface area contributed by atoms with E-state index in [1.54, 1.807) is 22.9 Å². The van der Waals surface area contributed by atoms with Gasteiger partial charge < -0.3 is 29.3 Å². The molecule has 6 rings (SSSR count). The second-order valence-corrected chi connectivity index (χ2v) is 12.9. The summed E-state index contributed by atoms with van der Waals surface area (Å²) in [5.41, 5.74) is 3.79. The van der Waals surface area contributed by atoms with Crippen LogP contribution in [0, 0.1) is 5.92 Å². The van der Waals surface area contributed by atoms with Gasteiger partial charge in [-0.25, -0.2) is 4.68 Å². The first kappa shape index (κ1) is 33.0. The van der Waals surface area contributed by atoms with Crippen LogP contribution in [0.2, 0.25) is 10.0 Å². The van der Waals surface area contributed by atoms with Gasteiger partial charge in [-0.05, 0) is 77.0 Å². The van der Waals surface area contributed by atoms with Crippen LogP contribution in [0.4, 0.5) is 17.1 Å². The van der Waals surface area contributed by atoms with Crippen LogP contribution < -0.4 is 19.9 Å². The number of ether oxygens (including phenoxy) is 3. The molecule has 248 valence electrons. The van der Waals surface area contributed by atoms with Gasteiger partial charge in [-0.1, -0.05) is 49.5 Å². The van der Waals surface area contributed by atoms with Crippen LogP contribution in [-0.4, -0.2) is 71.6 Å². The van der Waals surface area contributed by atoms with Crippen molar-refractivity contribution in [3.8, 4) is 5.75 Å². The quantitative estimate of drug-likeness (QED) is 0.192. The Labute approximate surface area is 284 Å². The van der Waals surface area contributed by atoms with E-state index < -0.39 is 5.79 Å². The minimum Gasteiger partial charge on any atom is -0.491 e. The van der Waals surface area contributed by atoms with Gasteiger partial charge >= 0.3 is 0 Å². The van der Waals surface area contributed by atoms with Crippen molar-refractivity contribution >= 4 is 46.2 Å². The Bertz CT molecular complexity index is 1620. The Morgan fingerprint density at radius 1 is 1.02 bits per heavy atom. The van der Waals surface area contributed by atoms with E-state index in [1.165, 1.54) is 6.33 Å². The highest BCUT2D eigenvalue weighted by Crippen LogP contribution is 2.40. The third-order valence-electron chi connectivity index (χ3n) is 8.63. The summed E-state index contributed by atoms with van der Waals surface area (Å²) in [5.74, 6) is 0.00291. The molecule has 1 aromatic heterocycles. The van der Waals surface area contributed by atoms with Gasteiger partial charge in [-0.3, -0.25) is 4.79 Å². The fourth-order valence-corrected chi connectivity index (χ4v) is 6.37.